The molecular formula is C23H23N5O3S. The Labute approximate surface area is 188 Å². The number of fused-ring (bicyclic) bond motifs is 4. The highest BCUT2D eigenvalue weighted by Crippen LogP contribution is 2.37. The van der Waals surface area contributed by atoms with Gasteiger partial charge in [0.15, 0.2) is 12.4 Å². The number of nitrogen functional groups attached to an aromatic ring is 1. The average molecular weight is 450 g/mol. The van der Waals surface area contributed by atoms with E-state index in [9.17, 15) is 9.59 Å². The van der Waals surface area contributed by atoms with Crippen LogP contribution < -0.4 is 11.3 Å². The van der Waals surface area contributed by atoms with Gasteiger partial charge in [-0.2, -0.15) is 0 Å². The number of nitrogens with two attached hydrogens (primary N) is 1. The lowest BCUT2D eigenvalue weighted by molar-refractivity contribution is -0.145. The van der Waals surface area contributed by atoms with Crippen molar-refractivity contribution in [2.24, 2.45) is 0 Å². The molecule has 0 fully saturated rings. The number of thiophene rings is 1. The van der Waals surface area contributed by atoms with Crippen molar-refractivity contribution < 1.29 is 9.53 Å². The van der Waals surface area contributed by atoms with Gasteiger partial charge in [-0.3, -0.25) is 14.2 Å². The SMILES string of the molecule is Nc1nc(COC(=O)CCn2cnc3ccccc3c2=O)nc2sc3c(c12)CCCCC3. The highest BCUT2D eigenvalue weighted by atomic mass is 32.1. The van der Waals surface area contributed by atoms with Crippen LogP contribution in [0.3, 0.4) is 0 Å². The average Bonchev–Trinajstić information content (AvgIpc) is 2.99. The molecule has 8 nitrogen and oxygen atoms in total. The summed E-state index contributed by atoms with van der Waals surface area (Å²) >= 11 is 1.67. The standard InChI is InChI=1S/C23H23N5O3S/c24-21-20-15-7-2-1-3-9-17(15)32-22(20)27-18(26-21)12-31-19(29)10-11-28-13-25-16-8-5-4-6-14(16)23(28)30/h4-6,8,13H,1-3,7,9-12H2,(H2,24,26,27). The lowest BCUT2D eigenvalue weighted by atomic mass is 10.1. The number of benzene rings is 1. The fourth-order valence-corrected chi connectivity index (χ4v) is 5.46. The van der Waals surface area contributed by atoms with Gasteiger partial charge in [-0.05, 0) is 43.4 Å². The van der Waals surface area contributed by atoms with E-state index in [4.69, 9.17) is 10.5 Å². The van der Waals surface area contributed by atoms with Crippen LogP contribution in [0.1, 0.15) is 41.9 Å². The maximum absolute atomic E-state index is 12.5. The van der Waals surface area contributed by atoms with E-state index >= 15 is 0 Å². The van der Waals surface area contributed by atoms with Crippen molar-refractivity contribution in [2.75, 3.05) is 5.73 Å². The highest BCUT2D eigenvalue weighted by molar-refractivity contribution is 7.19. The summed E-state index contributed by atoms with van der Waals surface area (Å²) in [6.45, 7) is 0.140. The van der Waals surface area contributed by atoms with Gasteiger partial charge in [0.1, 0.15) is 10.6 Å². The number of carbonyl (C=O) groups excluding carboxylic acids is 1. The third kappa shape index (κ3) is 3.95. The lowest BCUT2D eigenvalue weighted by Gasteiger charge is -2.08. The smallest absolute Gasteiger partial charge is 0.308 e. The highest BCUT2D eigenvalue weighted by Gasteiger charge is 2.19. The first-order chi connectivity index (χ1) is 15.6. The minimum atomic E-state index is -0.436. The summed E-state index contributed by atoms with van der Waals surface area (Å²) in [5.41, 5.74) is 7.99. The molecule has 0 aliphatic heterocycles. The Kier molecular flexibility index (Phi) is 5.57. The first-order valence-electron chi connectivity index (χ1n) is 10.8. The Bertz CT molecular complexity index is 1380. The van der Waals surface area contributed by atoms with E-state index in [0.717, 1.165) is 29.5 Å². The van der Waals surface area contributed by atoms with Crippen LogP contribution in [0.2, 0.25) is 0 Å². The van der Waals surface area contributed by atoms with Gasteiger partial charge >= 0.3 is 5.97 Å². The molecule has 1 aliphatic carbocycles. The van der Waals surface area contributed by atoms with Crippen molar-refractivity contribution in [2.45, 2.75) is 51.7 Å². The Balaban J connectivity index is 1.25. The molecule has 3 aromatic heterocycles. The number of nitrogens with zero attached hydrogens (tertiary/aromatic N) is 4. The van der Waals surface area contributed by atoms with Gasteiger partial charge < -0.3 is 10.5 Å². The molecule has 0 amide bonds. The van der Waals surface area contributed by atoms with Crippen molar-refractivity contribution in [1.29, 1.82) is 0 Å². The van der Waals surface area contributed by atoms with Gasteiger partial charge in [0.05, 0.1) is 29.0 Å². The molecular weight excluding hydrogens is 426 g/mol. The zero-order chi connectivity index (χ0) is 22.1. The van der Waals surface area contributed by atoms with Gasteiger partial charge in [0.25, 0.3) is 5.56 Å². The van der Waals surface area contributed by atoms with Gasteiger partial charge in [0, 0.05) is 11.4 Å². The number of aryl methyl sites for hydroxylation is 3. The zero-order valence-corrected chi connectivity index (χ0v) is 18.4. The molecule has 0 unspecified atom stereocenters. The van der Waals surface area contributed by atoms with Crippen LogP contribution in [0.25, 0.3) is 21.1 Å². The fraction of sp³-hybridized carbons (Fsp3) is 0.348. The van der Waals surface area contributed by atoms with E-state index in [0.29, 0.717) is 22.5 Å². The first-order valence-corrected chi connectivity index (χ1v) is 11.6. The molecule has 0 radical (unpaired) electrons. The second-order valence-corrected chi connectivity index (χ2v) is 9.02. The van der Waals surface area contributed by atoms with E-state index in [2.05, 4.69) is 15.0 Å². The lowest BCUT2D eigenvalue weighted by Crippen LogP contribution is -2.22. The Morgan fingerprint density at radius 1 is 1.16 bits per heavy atom. The quantitative estimate of drug-likeness (QED) is 0.367. The molecule has 2 N–H and O–H groups in total. The Morgan fingerprint density at radius 3 is 2.91 bits per heavy atom. The molecule has 1 aromatic carbocycles. The molecule has 5 rings (SSSR count). The molecule has 0 bridgehead atoms. The van der Waals surface area contributed by atoms with Crippen LogP contribution in [0, 0.1) is 0 Å². The molecule has 0 spiro atoms. The van der Waals surface area contributed by atoms with Crippen molar-refractivity contribution in [1.82, 2.24) is 19.5 Å². The predicted molar refractivity (Wildman–Crippen MR) is 124 cm³/mol. The monoisotopic (exact) mass is 449 g/mol. The fourth-order valence-electron chi connectivity index (χ4n) is 4.17. The van der Waals surface area contributed by atoms with Gasteiger partial charge in [-0.15, -0.1) is 11.3 Å². The summed E-state index contributed by atoms with van der Waals surface area (Å²) in [4.78, 5) is 40.2. The van der Waals surface area contributed by atoms with Gasteiger partial charge in [-0.25, -0.2) is 15.0 Å². The molecule has 0 saturated carbocycles. The molecule has 1 aliphatic rings. The second kappa shape index (κ2) is 8.66. The maximum atomic E-state index is 12.5. The topological polar surface area (TPSA) is 113 Å². The summed E-state index contributed by atoms with van der Waals surface area (Å²) in [6.07, 6.45) is 7.16. The largest absolute Gasteiger partial charge is 0.457 e. The van der Waals surface area contributed by atoms with E-state index in [-0.39, 0.29) is 25.1 Å². The molecule has 0 saturated heterocycles. The summed E-state index contributed by atoms with van der Waals surface area (Å²) in [5, 5.41) is 1.49. The molecule has 0 atom stereocenters. The summed E-state index contributed by atoms with van der Waals surface area (Å²) in [5.74, 6) is 0.410. The predicted octanol–water partition coefficient (Wildman–Crippen LogP) is 3.39. The summed E-state index contributed by atoms with van der Waals surface area (Å²) < 4.78 is 6.77. The normalized spacial score (nSPS) is 13.8. The van der Waals surface area contributed by atoms with Crippen molar-refractivity contribution in [3.63, 3.8) is 0 Å². The van der Waals surface area contributed by atoms with Crippen molar-refractivity contribution >= 4 is 44.2 Å². The number of para-hydroxylation sites is 1. The number of rotatable bonds is 5. The Morgan fingerprint density at radius 2 is 2.00 bits per heavy atom. The molecule has 3 heterocycles. The zero-order valence-electron chi connectivity index (χ0n) is 17.5. The van der Waals surface area contributed by atoms with E-state index < -0.39 is 5.97 Å². The van der Waals surface area contributed by atoms with E-state index in [1.807, 2.05) is 6.07 Å². The third-order valence-corrected chi connectivity index (χ3v) is 6.98. The van der Waals surface area contributed by atoms with Crippen LogP contribution >= 0.6 is 11.3 Å². The van der Waals surface area contributed by atoms with E-state index in [1.54, 1.807) is 29.5 Å². The van der Waals surface area contributed by atoms with Crippen LogP contribution in [0.15, 0.2) is 35.4 Å². The Hall–Kier alpha value is -3.33. The summed E-state index contributed by atoms with van der Waals surface area (Å²) in [7, 11) is 0. The van der Waals surface area contributed by atoms with Crippen molar-refractivity contribution in [3.05, 3.63) is 57.2 Å². The van der Waals surface area contributed by atoms with Crippen LogP contribution in [-0.2, 0) is 35.5 Å². The summed E-state index contributed by atoms with van der Waals surface area (Å²) in [6, 6.07) is 7.12. The number of esters is 1. The number of carbonyl (C=O) groups is 1. The first kappa shape index (κ1) is 20.6. The van der Waals surface area contributed by atoms with Crippen LogP contribution in [-0.4, -0.2) is 25.5 Å². The van der Waals surface area contributed by atoms with Crippen LogP contribution in [0.4, 0.5) is 5.82 Å². The number of hydrogen-bond acceptors (Lipinski definition) is 8. The number of aromatic nitrogens is 4. The van der Waals surface area contributed by atoms with Gasteiger partial charge in [0.2, 0.25) is 0 Å². The molecule has 32 heavy (non-hydrogen) atoms. The second-order valence-electron chi connectivity index (χ2n) is 7.94. The van der Waals surface area contributed by atoms with E-state index in [1.165, 1.54) is 34.2 Å². The third-order valence-electron chi connectivity index (χ3n) is 5.79. The number of hydrogen-bond donors (Lipinski definition) is 1. The minimum Gasteiger partial charge on any atom is -0.457 e. The minimum absolute atomic E-state index is 0.0466. The number of ether oxygens (including phenoxy) is 1. The van der Waals surface area contributed by atoms with Crippen molar-refractivity contribution in [3.8, 4) is 0 Å². The van der Waals surface area contributed by atoms with Gasteiger partial charge in [-0.1, -0.05) is 18.6 Å². The maximum Gasteiger partial charge on any atom is 0.308 e. The van der Waals surface area contributed by atoms with Crippen LogP contribution in [0.5, 0.6) is 0 Å². The molecule has 164 valence electrons. The number of anilines is 1. The molecule has 9 heteroatoms. The molecule has 4 aromatic rings.